The monoisotopic (exact) mass is 417 g/mol. The second kappa shape index (κ2) is 9.75. The quantitative estimate of drug-likeness (QED) is 0.630. The number of aryl methyl sites for hydroxylation is 2. The van der Waals surface area contributed by atoms with Gasteiger partial charge in [0.25, 0.3) is 0 Å². The molecule has 1 amide bonds. The van der Waals surface area contributed by atoms with Crippen molar-refractivity contribution in [3.63, 3.8) is 0 Å². The van der Waals surface area contributed by atoms with E-state index in [-0.39, 0.29) is 17.9 Å². The predicted octanol–water partition coefficient (Wildman–Crippen LogP) is 3.00. The molecular formula is C22H35N5O3. The minimum absolute atomic E-state index is 0.174. The van der Waals surface area contributed by atoms with Gasteiger partial charge in [-0.25, -0.2) is 9.97 Å². The van der Waals surface area contributed by atoms with Crippen LogP contribution in [0.15, 0.2) is 0 Å². The van der Waals surface area contributed by atoms with Crippen LogP contribution in [0.1, 0.15) is 55.8 Å². The van der Waals surface area contributed by atoms with Crippen molar-refractivity contribution in [1.82, 2.24) is 19.4 Å². The van der Waals surface area contributed by atoms with Gasteiger partial charge in [-0.05, 0) is 39.2 Å². The molecule has 0 saturated heterocycles. The Morgan fingerprint density at radius 1 is 1.27 bits per heavy atom. The summed E-state index contributed by atoms with van der Waals surface area (Å²) in [6.45, 7) is 8.22. The Bertz CT molecular complexity index is 889. The fourth-order valence-corrected chi connectivity index (χ4v) is 4.21. The zero-order valence-corrected chi connectivity index (χ0v) is 18.9. The molecule has 0 aromatic carbocycles. The highest BCUT2D eigenvalue weighted by Crippen LogP contribution is 2.29. The van der Waals surface area contributed by atoms with Crippen LogP contribution < -0.4 is 5.73 Å². The number of nitrogens with zero attached hydrogens (tertiary/aromatic N) is 4. The highest BCUT2D eigenvalue weighted by atomic mass is 16.5. The molecule has 0 spiro atoms. The summed E-state index contributed by atoms with van der Waals surface area (Å²) in [5.74, 6) is 1.70. The summed E-state index contributed by atoms with van der Waals surface area (Å²) >= 11 is 0. The normalized spacial score (nSPS) is 15.8. The number of ether oxygens (including phenoxy) is 2. The van der Waals surface area contributed by atoms with Gasteiger partial charge in [0.05, 0.1) is 18.7 Å². The Labute approximate surface area is 178 Å². The van der Waals surface area contributed by atoms with Gasteiger partial charge in [0.2, 0.25) is 5.91 Å². The van der Waals surface area contributed by atoms with E-state index in [4.69, 9.17) is 20.2 Å². The molecule has 0 aliphatic heterocycles. The SMILES string of the molecule is COC(C)c1nc2c(N)nc(C)c(C)c2n1CCOCCN(C)C(=O)C1CCCC1. The third kappa shape index (κ3) is 4.59. The van der Waals surface area contributed by atoms with E-state index in [0.717, 1.165) is 35.4 Å². The molecule has 3 rings (SSSR count). The summed E-state index contributed by atoms with van der Waals surface area (Å²) in [7, 11) is 3.54. The van der Waals surface area contributed by atoms with Crippen molar-refractivity contribution in [3.8, 4) is 0 Å². The molecule has 1 aliphatic carbocycles. The van der Waals surface area contributed by atoms with Crippen LogP contribution in [0.3, 0.4) is 0 Å². The standard InChI is InChI=1S/C22H35N5O3/c1-14-15(2)24-20(23)18-19(14)27(21(25-18)16(3)29-5)11-13-30-12-10-26(4)22(28)17-8-6-7-9-17/h16-17H,6-13H2,1-5H3,(H2,23,24). The highest BCUT2D eigenvalue weighted by molar-refractivity contribution is 5.88. The second-order valence-electron chi connectivity index (χ2n) is 8.26. The molecule has 30 heavy (non-hydrogen) atoms. The number of carbonyl (C=O) groups excluding carboxylic acids is 1. The first kappa shape index (κ1) is 22.5. The number of methoxy groups -OCH3 is 1. The number of hydrogen-bond donors (Lipinski definition) is 1. The van der Waals surface area contributed by atoms with E-state index in [9.17, 15) is 4.79 Å². The molecule has 8 nitrogen and oxygen atoms in total. The lowest BCUT2D eigenvalue weighted by Crippen LogP contribution is -2.34. The zero-order valence-electron chi connectivity index (χ0n) is 18.9. The fraction of sp³-hybridized carbons (Fsp3) is 0.682. The molecule has 0 radical (unpaired) electrons. The molecule has 8 heteroatoms. The van der Waals surface area contributed by atoms with Crippen LogP contribution in [0, 0.1) is 19.8 Å². The number of imidazole rings is 1. The number of aromatic nitrogens is 3. The Hall–Kier alpha value is -2.19. The van der Waals surface area contributed by atoms with Crippen molar-refractivity contribution in [2.45, 2.75) is 59.1 Å². The van der Waals surface area contributed by atoms with Crippen LogP contribution in [-0.4, -0.2) is 59.3 Å². The van der Waals surface area contributed by atoms with Crippen molar-refractivity contribution in [2.24, 2.45) is 5.92 Å². The van der Waals surface area contributed by atoms with E-state index in [1.54, 1.807) is 12.0 Å². The number of likely N-dealkylation sites (N-methyl/N-ethyl adjacent to an activating group) is 1. The molecule has 0 bridgehead atoms. The molecule has 1 unspecified atom stereocenters. The maximum Gasteiger partial charge on any atom is 0.225 e. The minimum atomic E-state index is -0.174. The van der Waals surface area contributed by atoms with Crippen LogP contribution in [-0.2, 0) is 20.8 Å². The molecule has 2 heterocycles. The Kier molecular flexibility index (Phi) is 7.31. The van der Waals surface area contributed by atoms with Gasteiger partial charge in [0, 0.05) is 38.9 Å². The van der Waals surface area contributed by atoms with E-state index in [1.807, 2.05) is 27.8 Å². The topological polar surface area (TPSA) is 95.5 Å². The minimum Gasteiger partial charge on any atom is -0.382 e. The Balaban J connectivity index is 1.64. The van der Waals surface area contributed by atoms with Gasteiger partial charge in [-0.3, -0.25) is 4.79 Å². The van der Waals surface area contributed by atoms with Gasteiger partial charge in [0.1, 0.15) is 17.4 Å². The van der Waals surface area contributed by atoms with Crippen molar-refractivity contribution in [2.75, 3.05) is 39.6 Å². The number of amides is 1. The van der Waals surface area contributed by atoms with Gasteiger partial charge >= 0.3 is 0 Å². The molecule has 166 valence electrons. The van der Waals surface area contributed by atoms with Crippen LogP contribution >= 0.6 is 0 Å². The number of nitrogen functional groups attached to an aromatic ring is 1. The lowest BCUT2D eigenvalue weighted by molar-refractivity contribution is -0.134. The largest absolute Gasteiger partial charge is 0.382 e. The number of fused-ring (bicyclic) bond motifs is 1. The third-order valence-electron chi connectivity index (χ3n) is 6.25. The van der Waals surface area contributed by atoms with Gasteiger partial charge in [-0.2, -0.15) is 0 Å². The number of nitrogens with two attached hydrogens (primary N) is 1. The summed E-state index contributed by atoms with van der Waals surface area (Å²) < 4.78 is 13.5. The number of rotatable bonds is 9. The van der Waals surface area contributed by atoms with Crippen LogP contribution in [0.4, 0.5) is 5.82 Å². The summed E-state index contributed by atoms with van der Waals surface area (Å²) in [6, 6.07) is 0. The summed E-state index contributed by atoms with van der Waals surface area (Å²) in [4.78, 5) is 23.4. The average molecular weight is 418 g/mol. The van der Waals surface area contributed by atoms with Crippen LogP contribution in [0.25, 0.3) is 11.0 Å². The fourth-order valence-electron chi connectivity index (χ4n) is 4.21. The van der Waals surface area contributed by atoms with Crippen molar-refractivity contribution in [3.05, 3.63) is 17.1 Å². The lowest BCUT2D eigenvalue weighted by atomic mass is 10.1. The van der Waals surface area contributed by atoms with E-state index in [1.165, 1.54) is 12.8 Å². The molecule has 2 aromatic heterocycles. The molecule has 1 fully saturated rings. The zero-order chi connectivity index (χ0) is 21.8. The predicted molar refractivity (Wildman–Crippen MR) is 117 cm³/mol. The smallest absolute Gasteiger partial charge is 0.225 e. The highest BCUT2D eigenvalue weighted by Gasteiger charge is 2.25. The maximum atomic E-state index is 12.4. The van der Waals surface area contributed by atoms with Gasteiger partial charge in [-0.15, -0.1) is 0 Å². The number of carbonyl (C=O) groups is 1. The van der Waals surface area contributed by atoms with E-state index < -0.39 is 0 Å². The first-order valence-corrected chi connectivity index (χ1v) is 10.8. The van der Waals surface area contributed by atoms with E-state index >= 15 is 0 Å². The van der Waals surface area contributed by atoms with E-state index in [2.05, 4.69) is 9.55 Å². The van der Waals surface area contributed by atoms with E-state index in [0.29, 0.717) is 37.6 Å². The van der Waals surface area contributed by atoms with Crippen molar-refractivity contribution < 1.29 is 14.3 Å². The average Bonchev–Trinajstić information content (AvgIpc) is 3.39. The first-order chi connectivity index (χ1) is 14.3. The van der Waals surface area contributed by atoms with Gasteiger partial charge in [-0.1, -0.05) is 12.8 Å². The van der Waals surface area contributed by atoms with Crippen LogP contribution in [0.5, 0.6) is 0 Å². The first-order valence-electron chi connectivity index (χ1n) is 10.8. The summed E-state index contributed by atoms with van der Waals surface area (Å²) in [5, 5.41) is 0. The van der Waals surface area contributed by atoms with Crippen LogP contribution in [0.2, 0.25) is 0 Å². The summed E-state index contributed by atoms with van der Waals surface area (Å²) in [5.41, 5.74) is 9.79. The molecule has 1 atom stereocenters. The number of anilines is 1. The van der Waals surface area contributed by atoms with Gasteiger partial charge in [0.15, 0.2) is 5.82 Å². The number of pyridine rings is 1. The molecular weight excluding hydrogens is 382 g/mol. The Morgan fingerprint density at radius 2 is 1.97 bits per heavy atom. The molecule has 2 N–H and O–H groups in total. The third-order valence-corrected chi connectivity index (χ3v) is 6.25. The lowest BCUT2D eigenvalue weighted by Gasteiger charge is -2.21. The molecule has 1 saturated carbocycles. The Morgan fingerprint density at radius 3 is 2.63 bits per heavy atom. The second-order valence-corrected chi connectivity index (χ2v) is 8.26. The van der Waals surface area contributed by atoms with Crippen molar-refractivity contribution >= 4 is 22.8 Å². The van der Waals surface area contributed by atoms with Crippen molar-refractivity contribution in [1.29, 1.82) is 0 Å². The maximum absolute atomic E-state index is 12.4. The molecule has 1 aliphatic rings. The number of hydrogen-bond acceptors (Lipinski definition) is 6. The summed E-state index contributed by atoms with van der Waals surface area (Å²) in [6.07, 6.45) is 4.21. The van der Waals surface area contributed by atoms with Gasteiger partial charge < -0.3 is 24.7 Å². The molecule has 2 aromatic rings.